The maximum absolute atomic E-state index is 15.3. The molecule has 1 saturated carbocycles. The van der Waals surface area contributed by atoms with Gasteiger partial charge >= 0.3 is 5.97 Å². The number of carbonyl (C=O) groups excluding carboxylic acids is 1. The van der Waals surface area contributed by atoms with E-state index in [1.54, 1.807) is 14.1 Å². The molecule has 190 valence electrons. The number of amides is 1. The molecule has 5 rings (SSSR count). The first-order chi connectivity index (χ1) is 17.1. The Kier molecular flexibility index (Phi) is 6.23. The van der Waals surface area contributed by atoms with Crippen LogP contribution >= 0.6 is 11.6 Å². The molecule has 2 N–H and O–H groups in total. The second kappa shape index (κ2) is 9.24. The van der Waals surface area contributed by atoms with Crippen LogP contribution in [0, 0.1) is 19.7 Å². The van der Waals surface area contributed by atoms with E-state index in [-0.39, 0.29) is 40.5 Å². The summed E-state index contributed by atoms with van der Waals surface area (Å²) in [5, 5.41) is 16.9. The number of anilines is 1. The van der Waals surface area contributed by atoms with Gasteiger partial charge in [0.25, 0.3) is 0 Å². The summed E-state index contributed by atoms with van der Waals surface area (Å²) in [5.41, 5.74) is 1.26. The summed E-state index contributed by atoms with van der Waals surface area (Å²) in [6.07, 6.45) is 3.87. The lowest BCUT2D eigenvalue weighted by Crippen LogP contribution is -2.37. The number of pyridine rings is 1. The van der Waals surface area contributed by atoms with Gasteiger partial charge < -0.3 is 19.9 Å². The number of carboxylic acid groups (broad SMARTS) is 1. The number of aromatic carboxylic acids is 1. The van der Waals surface area contributed by atoms with Crippen molar-refractivity contribution in [2.45, 2.75) is 58.2 Å². The van der Waals surface area contributed by atoms with Gasteiger partial charge in [-0.25, -0.2) is 9.18 Å². The van der Waals surface area contributed by atoms with Crippen LogP contribution in [0.3, 0.4) is 0 Å². The third-order valence-corrected chi connectivity index (χ3v) is 7.24. The van der Waals surface area contributed by atoms with E-state index in [1.807, 2.05) is 19.9 Å². The number of carboxylic acids is 1. The van der Waals surface area contributed by atoms with Gasteiger partial charge in [-0.1, -0.05) is 11.6 Å². The van der Waals surface area contributed by atoms with E-state index in [2.05, 4.69) is 10.4 Å². The van der Waals surface area contributed by atoms with Crippen LogP contribution in [-0.2, 0) is 11.3 Å². The number of hydrogen-bond acceptors (Lipinski definition) is 5. The number of nitrogens with zero attached hydrogens (tertiary/aromatic N) is 4. The minimum atomic E-state index is -1.35. The first-order valence-electron chi connectivity index (χ1n) is 12.0. The molecule has 1 atom stereocenters. The lowest BCUT2D eigenvalue weighted by Gasteiger charge is -2.23. The van der Waals surface area contributed by atoms with E-state index in [0.29, 0.717) is 31.6 Å². The zero-order valence-electron chi connectivity index (χ0n) is 20.1. The molecule has 1 unspecified atom stereocenters. The number of carbonyl (C=O) groups is 2. The topological polar surface area (TPSA) is 109 Å². The second-order valence-corrected chi connectivity index (χ2v) is 10.0. The molecule has 36 heavy (non-hydrogen) atoms. The van der Waals surface area contributed by atoms with E-state index in [0.717, 1.165) is 30.3 Å². The summed E-state index contributed by atoms with van der Waals surface area (Å²) >= 11 is 6.71. The number of hydrogen-bond donors (Lipinski definition) is 2. The van der Waals surface area contributed by atoms with Crippen molar-refractivity contribution >= 4 is 40.1 Å². The van der Waals surface area contributed by atoms with E-state index in [9.17, 15) is 19.5 Å². The first kappa shape index (κ1) is 24.3. The molecule has 1 aromatic carbocycles. The standard InChI is InChI=1S/C25H27ClFN5O4/c1-13-9-14(2)32(29-13)8-6-20(33)28-15-5-7-30(11-15)23-19(27)10-17-22(21(23)26)31(16-3-4-16)12-18(24(17)34)25(35)36/h9-10,12,15-16H,3-8,11H2,1-2H3,(H,28,33)(H,35,36). The highest BCUT2D eigenvalue weighted by Gasteiger charge is 2.32. The summed E-state index contributed by atoms with van der Waals surface area (Å²) in [5.74, 6) is -2.15. The highest BCUT2D eigenvalue weighted by atomic mass is 35.5. The van der Waals surface area contributed by atoms with Crippen LogP contribution < -0.4 is 15.6 Å². The van der Waals surface area contributed by atoms with Gasteiger partial charge in [-0.2, -0.15) is 5.10 Å². The maximum Gasteiger partial charge on any atom is 0.341 e. The average Bonchev–Trinajstić information content (AvgIpc) is 3.47. The Labute approximate surface area is 211 Å². The largest absolute Gasteiger partial charge is 0.477 e. The Morgan fingerprint density at radius 2 is 2.00 bits per heavy atom. The number of nitrogens with one attached hydrogen (secondary N) is 1. The molecule has 1 saturated heterocycles. The van der Waals surface area contributed by atoms with Crippen LogP contribution in [0.25, 0.3) is 10.9 Å². The fourth-order valence-corrected chi connectivity index (χ4v) is 5.41. The predicted molar refractivity (Wildman–Crippen MR) is 133 cm³/mol. The molecule has 2 aliphatic rings. The van der Waals surface area contributed by atoms with Crippen molar-refractivity contribution < 1.29 is 19.1 Å². The normalized spacial score (nSPS) is 17.7. The van der Waals surface area contributed by atoms with E-state index in [1.165, 1.54) is 6.20 Å². The first-order valence-corrected chi connectivity index (χ1v) is 12.4. The van der Waals surface area contributed by atoms with E-state index in [4.69, 9.17) is 11.6 Å². The van der Waals surface area contributed by atoms with Gasteiger partial charge in [0.1, 0.15) is 11.4 Å². The van der Waals surface area contributed by atoms with Crippen molar-refractivity contribution in [2.75, 3.05) is 18.0 Å². The summed E-state index contributed by atoms with van der Waals surface area (Å²) in [6.45, 7) is 5.17. The van der Waals surface area contributed by atoms with E-state index >= 15 is 4.39 Å². The zero-order chi connectivity index (χ0) is 25.7. The molecule has 0 radical (unpaired) electrons. The SMILES string of the molecule is Cc1cc(C)n(CCC(=O)NC2CCN(c3c(F)cc4c(=O)c(C(=O)O)cn(C5CC5)c4c3Cl)C2)n1. The molecule has 3 heterocycles. The monoisotopic (exact) mass is 515 g/mol. The van der Waals surface area contributed by atoms with Gasteiger partial charge in [0, 0.05) is 50.0 Å². The van der Waals surface area contributed by atoms with Crippen molar-refractivity contribution in [3.8, 4) is 0 Å². The number of benzene rings is 1. The maximum atomic E-state index is 15.3. The minimum Gasteiger partial charge on any atom is -0.477 e. The Balaban J connectivity index is 1.36. The van der Waals surface area contributed by atoms with Crippen LogP contribution in [0.15, 0.2) is 23.1 Å². The number of rotatable bonds is 7. The predicted octanol–water partition coefficient (Wildman–Crippen LogP) is 3.43. The fraction of sp³-hybridized carbons (Fsp3) is 0.440. The molecule has 1 aliphatic carbocycles. The summed E-state index contributed by atoms with van der Waals surface area (Å²) < 4.78 is 18.8. The van der Waals surface area contributed by atoms with Crippen molar-refractivity contribution in [3.05, 3.63) is 56.3 Å². The Hall–Kier alpha value is -3.40. The lowest BCUT2D eigenvalue weighted by molar-refractivity contribution is -0.121. The highest BCUT2D eigenvalue weighted by molar-refractivity contribution is 6.38. The van der Waals surface area contributed by atoms with Crippen molar-refractivity contribution in [1.82, 2.24) is 19.7 Å². The highest BCUT2D eigenvalue weighted by Crippen LogP contribution is 2.42. The minimum absolute atomic E-state index is 0.0230. The molecule has 2 fully saturated rings. The van der Waals surface area contributed by atoms with Crippen LogP contribution in [0.1, 0.15) is 53.5 Å². The van der Waals surface area contributed by atoms with Crippen LogP contribution in [-0.4, -0.2) is 50.5 Å². The van der Waals surface area contributed by atoms with Crippen LogP contribution in [0.5, 0.6) is 0 Å². The van der Waals surface area contributed by atoms with Gasteiger partial charge in [-0.3, -0.25) is 14.3 Å². The Morgan fingerprint density at radius 3 is 2.64 bits per heavy atom. The molecular formula is C25H27ClFN5O4. The fourth-order valence-electron chi connectivity index (χ4n) is 5.00. The number of aryl methyl sites for hydroxylation is 3. The van der Waals surface area contributed by atoms with Gasteiger partial charge in [0.2, 0.25) is 11.3 Å². The van der Waals surface area contributed by atoms with E-state index < -0.39 is 22.8 Å². The molecule has 3 aromatic rings. The summed E-state index contributed by atoms with van der Waals surface area (Å²) in [6, 6.07) is 2.89. The molecule has 0 bridgehead atoms. The van der Waals surface area contributed by atoms with Gasteiger partial charge in [0.05, 0.1) is 27.3 Å². The summed E-state index contributed by atoms with van der Waals surface area (Å²) in [7, 11) is 0. The van der Waals surface area contributed by atoms with Crippen molar-refractivity contribution in [3.63, 3.8) is 0 Å². The van der Waals surface area contributed by atoms with Crippen molar-refractivity contribution in [2.24, 2.45) is 0 Å². The van der Waals surface area contributed by atoms with Gasteiger partial charge in [0.15, 0.2) is 0 Å². The Bertz CT molecular complexity index is 1440. The quantitative estimate of drug-likeness (QED) is 0.499. The van der Waals surface area contributed by atoms with Crippen LogP contribution in [0.2, 0.25) is 5.02 Å². The number of aromatic nitrogens is 3. The molecule has 0 spiro atoms. The Morgan fingerprint density at radius 1 is 1.25 bits per heavy atom. The molecule has 9 nitrogen and oxygen atoms in total. The lowest BCUT2D eigenvalue weighted by atomic mass is 10.1. The average molecular weight is 516 g/mol. The second-order valence-electron chi connectivity index (χ2n) is 9.63. The molecule has 11 heteroatoms. The molecule has 1 amide bonds. The molecular weight excluding hydrogens is 489 g/mol. The third kappa shape index (κ3) is 4.45. The number of halogens is 2. The van der Waals surface area contributed by atoms with Crippen LogP contribution in [0.4, 0.5) is 10.1 Å². The summed E-state index contributed by atoms with van der Waals surface area (Å²) in [4.78, 5) is 38.7. The van der Waals surface area contributed by atoms with Crippen molar-refractivity contribution in [1.29, 1.82) is 0 Å². The third-order valence-electron chi connectivity index (χ3n) is 6.88. The van der Waals surface area contributed by atoms with Gasteiger partial charge in [-0.05, 0) is 45.2 Å². The molecule has 1 aliphatic heterocycles. The zero-order valence-corrected chi connectivity index (χ0v) is 20.8. The smallest absolute Gasteiger partial charge is 0.341 e. The van der Waals surface area contributed by atoms with Gasteiger partial charge in [-0.15, -0.1) is 0 Å². The number of fused-ring (bicyclic) bond motifs is 1. The molecule has 2 aromatic heterocycles.